The van der Waals surface area contributed by atoms with Gasteiger partial charge in [0, 0.05) is 12.1 Å². The smallest absolute Gasteiger partial charge is 0.251 e. The van der Waals surface area contributed by atoms with Gasteiger partial charge in [0.25, 0.3) is 5.91 Å². The highest BCUT2D eigenvalue weighted by Crippen LogP contribution is 2.08. The molecule has 1 N–H and O–H groups in total. The van der Waals surface area contributed by atoms with Gasteiger partial charge in [0.15, 0.2) is 11.6 Å². The van der Waals surface area contributed by atoms with E-state index >= 15 is 0 Å². The van der Waals surface area contributed by atoms with Crippen molar-refractivity contribution in [2.24, 2.45) is 0 Å². The van der Waals surface area contributed by atoms with Gasteiger partial charge in [0.1, 0.15) is 0 Å². The molecule has 0 bridgehead atoms. The number of hydrogen-bond donors (Lipinski definition) is 1. The second kappa shape index (κ2) is 5.41. The van der Waals surface area contributed by atoms with Crippen molar-refractivity contribution in [1.29, 1.82) is 0 Å². The van der Waals surface area contributed by atoms with Crippen molar-refractivity contribution in [2.45, 2.75) is 6.42 Å². The van der Waals surface area contributed by atoms with E-state index < -0.39 is 17.5 Å². The third-order valence-electron chi connectivity index (χ3n) is 1.79. The van der Waals surface area contributed by atoms with Crippen LogP contribution in [-0.4, -0.2) is 19.1 Å². The fourth-order valence-electron chi connectivity index (χ4n) is 1.01. The lowest BCUT2D eigenvalue weighted by atomic mass is 10.2. The molecule has 0 heterocycles. The predicted octanol–water partition coefficient (Wildman–Crippen LogP) is 1.52. The van der Waals surface area contributed by atoms with Crippen LogP contribution in [0.1, 0.15) is 16.8 Å². The maximum atomic E-state index is 12.7. The van der Waals surface area contributed by atoms with Crippen molar-refractivity contribution in [2.75, 3.05) is 13.2 Å². The van der Waals surface area contributed by atoms with Gasteiger partial charge in [0.2, 0.25) is 0 Å². The van der Waals surface area contributed by atoms with Crippen LogP contribution < -0.4 is 5.32 Å². The summed E-state index contributed by atoms with van der Waals surface area (Å²) in [6.45, 7) is -0.0423. The molecule has 0 atom stereocenters. The number of rotatable bonds is 4. The lowest BCUT2D eigenvalue weighted by Gasteiger charge is -2.03. The SMILES string of the molecule is [O]CCCNC(=O)c1ccc(F)c(F)c1. The van der Waals surface area contributed by atoms with Crippen LogP contribution in [0, 0.1) is 11.6 Å². The molecule has 1 aromatic carbocycles. The van der Waals surface area contributed by atoms with Crippen molar-refractivity contribution in [1.82, 2.24) is 5.32 Å². The van der Waals surface area contributed by atoms with E-state index in [4.69, 9.17) is 0 Å². The molecule has 3 nitrogen and oxygen atoms in total. The third kappa shape index (κ3) is 3.28. The van der Waals surface area contributed by atoms with Gasteiger partial charge in [-0.3, -0.25) is 4.79 Å². The summed E-state index contributed by atoms with van der Waals surface area (Å²) >= 11 is 0. The molecule has 81 valence electrons. The molecule has 1 rings (SSSR count). The Bertz CT molecular complexity index is 355. The average Bonchev–Trinajstić information content (AvgIpc) is 2.22. The normalized spacial score (nSPS) is 10.1. The van der Waals surface area contributed by atoms with Gasteiger partial charge in [-0.1, -0.05) is 0 Å². The van der Waals surface area contributed by atoms with Gasteiger partial charge in [0.05, 0.1) is 6.61 Å². The fourth-order valence-corrected chi connectivity index (χ4v) is 1.01. The number of nitrogens with one attached hydrogen (secondary N) is 1. The van der Waals surface area contributed by atoms with E-state index in [9.17, 15) is 18.7 Å². The summed E-state index contributed by atoms with van der Waals surface area (Å²) < 4.78 is 25.2. The zero-order valence-corrected chi connectivity index (χ0v) is 7.93. The summed E-state index contributed by atoms with van der Waals surface area (Å²) in [6.07, 6.45) is 0.315. The van der Waals surface area contributed by atoms with Crippen LogP contribution in [0.4, 0.5) is 8.78 Å². The van der Waals surface area contributed by atoms with Crippen LogP contribution in [0.15, 0.2) is 18.2 Å². The van der Waals surface area contributed by atoms with Crippen LogP contribution in [0.5, 0.6) is 0 Å². The lowest BCUT2D eigenvalue weighted by molar-refractivity contribution is 0.0947. The Morgan fingerprint density at radius 1 is 1.27 bits per heavy atom. The van der Waals surface area contributed by atoms with Gasteiger partial charge in [-0.15, -0.1) is 0 Å². The summed E-state index contributed by atoms with van der Waals surface area (Å²) in [5.74, 6) is -2.57. The molecule has 1 aromatic rings. The monoisotopic (exact) mass is 214 g/mol. The van der Waals surface area contributed by atoms with Gasteiger partial charge in [-0.2, -0.15) is 0 Å². The molecule has 5 heteroatoms. The van der Waals surface area contributed by atoms with E-state index in [2.05, 4.69) is 5.32 Å². The summed E-state index contributed by atoms with van der Waals surface area (Å²) in [7, 11) is 0. The number of amides is 1. The number of carbonyl (C=O) groups excluding carboxylic acids is 1. The van der Waals surface area contributed by atoms with E-state index in [0.29, 0.717) is 6.42 Å². The van der Waals surface area contributed by atoms with E-state index in [0.717, 1.165) is 12.1 Å². The highest BCUT2D eigenvalue weighted by molar-refractivity contribution is 5.94. The topological polar surface area (TPSA) is 49.0 Å². The van der Waals surface area contributed by atoms with Crippen molar-refractivity contribution in [3.63, 3.8) is 0 Å². The quantitative estimate of drug-likeness (QED) is 0.759. The molecule has 0 aliphatic rings. The number of benzene rings is 1. The number of halogens is 2. The Labute approximate surface area is 85.7 Å². The minimum absolute atomic E-state index is 0.0415. The van der Waals surface area contributed by atoms with Gasteiger partial charge in [-0.05, 0) is 24.6 Å². The molecule has 0 fully saturated rings. The van der Waals surface area contributed by atoms with Crippen molar-refractivity contribution in [3.8, 4) is 0 Å². The van der Waals surface area contributed by atoms with E-state index in [-0.39, 0.29) is 18.7 Å². The maximum Gasteiger partial charge on any atom is 0.251 e. The first kappa shape index (κ1) is 11.6. The Morgan fingerprint density at radius 2 is 2.00 bits per heavy atom. The minimum atomic E-state index is -1.06. The largest absolute Gasteiger partial charge is 0.352 e. The van der Waals surface area contributed by atoms with Crippen LogP contribution >= 0.6 is 0 Å². The predicted molar refractivity (Wildman–Crippen MR) is 48.9 cm³/mol. The zero-order chi connectivity index (χ0) is 11.3. The first-order valence-electron chi connectivity index (χ1n) is 4.46. The molecular formula is C10H10F2NO2. The van der Waals surface area contributed by atoms with E-state index in [1.807, 2.05) is 0 Å². The summed E-state index contributed by atoms with van der Waals surface area (Å²) in [5.41, 5.74) is 0.0415. The molecule has 1 amide bonds. The molecule has 15 heavy (non-hydrogen) atoms. The van der Waals surface area contributed by atoms with Gasteiger partial charge >= 0.3 is 0 Å². The van der Waals surface area contributed by atoms with Gasteiger partial charge in [-0.25, -0.2) is 13.9 Å². The highest BCUT2D eigenvalue weighted by Gasteiger charge is 2.08. The Hall–Kier alpha value is -1.49. The number of hydrogen-bond acceptors (Lipinski definition) is 1. The molecule has 0 aliphatic carbocycles. The van der Waals surface area contributed by atoms with Crippen molar-refractivity contribution >= 4 is 5.91 Å². The van der Waals surface area contributed by atoms with Gasteiger partial charge < -0.3 is 5.32 Å². The van der Waals surface area contributed by atoms with E-state index in [1.54, 1.807) is 0 Å². The highest BCUT2D eigenvalue weighted by atomic mass is 19.2. The molecular weight excluding hydrogens is 204 g/mol. The molecule has 0 saturated carbocycles. The zero-order valence-electron chi connectivity index (χ0n) is 7.93. The standard InChI is InChI=1S/C10H10F2NO2/c11-8-3-2-7(6-9(8)12)10(15)13-4-1-5-14/h2-3,6H,1,4-5H2,(H,13,15). The van der Waals surface area contributed by atoms with Crippen LogP contribution in [-0.2, 0) is 5.11 Å². The molecule has 1 radical (unpaired) electrons. The lowest BCUT2D eigenvalue weighted by Crippen LogP contribution is -2.25. The average molecular weight is 214 g/mol. The van der Waals surface area contributed by atoms with E-state index in [1.165, 1.54) is 6.07 Å². The van der Waals surface area contributed by atoms with Crippen molar-refractivity contribution < 1.29 is 18.7 Å². The minimum Gasteiger partial charge on any atom is -0.352 e. The van der Waals surface area contributed by atoms with Crippen LogP contribution in [0.3, 0.4) is 0 Å². The first-order chi connectivity index (χ1) is 7.15. The van der Waals surface area contributed by atoms with Crippen molar-refractivity contribution in [3.05, 3.63) is 35.4 Å². The Balaban J connectivity index is 2.62. The van der Waals surface area contributed by atoms with Crippen LogP contribution in [0.2, 0.25) is 0 Å². The Morgan fingerprint density at radius 3 is 2.60 bits per heavy atom. The summed E-state index contributed by atoms with van der Waals surface area (Å²) in [6, 6.07) is 2.89. The summed E-state index contributed by atoms with van der Waals surface area (Å²) in [4.78, 5) is 11.3. The molecule has 0 aliphatic heterocycles. The van der Waals surface area contributed by atoms with Crippen LogP contribution in [0.25, 0.3) is 0 Å². The maximum absolute atomic E-state index is 12.7. The molecule has 0 saturated heterocycles. The summed E-state index contributed by atoms with van der Waals surface area (Å²) in [5, 5.41) is 12.5. The second-order valence-electron chi connectivity index (χ2n) is 2.94. The molecule has 0 spiro atoms. The number of carbonyl (C=O) groups is 1. The third-order valence-corrected chi connectivity index (χ3v) is 1.79. The fraction of sp³-hybridized carbons (Fsp3) is 0.300. The second-order valence-corrected chi connectivity index (χ2v) is 2.94. The molecule has 0 aromatic heterocycles. The molecule has 0 unspecified atom stereocenters. The first-order valence-corrected chi connectivity index (χ1v) is 4.46. The Kier molecular flexibility index (Phi) is 4.17.